The molecule has 1 aliphatic rings. The normalized spacial score (nSPS) is 16.1. The lowest BCUT2D eigenvalue weighted by Crippen LogP contribution is -2.55. The Kier molecular flexibility index (Phi) is 4.32. The van der Waals surface area contributed by atoms with Crippen LogP contribution in [0.5, 0.6) is 0 Å². The van der Waals surface area contributed by atoms with Crippen LogP contribution < -0.4 is 10.6 Å². The molecule has 0 aromatic heterocycles. The van der Waals surface area contributed by atoms with E-state index in [-0.39, 0.29) is 12.5 Å². The molecule has 0 radical (unpaired) electrons. The van der Waals surface area contributed by atoms with Gasteiger partial charge in [-0.15, -0.1) is 0 Å². The van der Waals surface area contributed by atoms with Crippen molar-refractivity contribution < 1.29 is 14.7 Å². The third-order valence-corrected chi connectivity index (χ3v) is 4.46. The number of hydrogen-bond acceptors (Lipinski definition) is 2. The van der Waals surface area contributed by atoms with Crippen LogP contribution in [0.25, 0.3) is 0 Å². The standard InChI is InChI=1S/C14H17BrN2O3/c1-9-3-4-10(7-11(9)15)16-13(20)17-14(5-2-6-14)8-12(18)19/h3-4,7H,2,5-6,8H2,1H3,(H,18,19)(H2,16,17,20). The first-order valence-corrected chi connectivity index (χ1v) is 7.27. The van der Waals surface area contributed by atoms with Gasteiger partial charge in [-0.25, -0.2) is 4.79 Å². The van der Waals surface area contributed by atoms with Crippen molar-refractivity contribution in [1.82, 2.24) is 5.32 Å². The van der Waals surface area contributed by atoms with Gasteiger partial charge in [0.1, 0.15) is 0 Å². The van der Waals surface area contributed by atoms with Gasteiger partial charge in [-0.1, -0.05) is 22.0 Å². The van der Waals surface area contributed by atoms with E-state index >= 15 is 0 Å². The molecule has 2 amide bonds. The van der Waals surface area contributed by atoms with Crippen LogP contribution in [0.3, 0.4) is 0 Å². The van der Waals surface area contributed by atoms with Crippen LogP contribution in [0, 0.1) is 6.92 Å². The van der Waals surface area contributed by atoms with E-state index in [4.69, 9.17) is 5.11 Å². The molecule has 1 aromatic rings. The average molecular weight is 341 g/mol. The molecular weight excluding hydrogens is 324 g/mol. The summed E-state index contributed by atoms with van der Waals surface area (Å²) in [6, 6.07) is 5.17. The second kappa shape index (κ2) is 5.83. The van der Waals surface area contributed by atoms with Gasteiger partial charge in [0.15, 0.2) is 0 Å². The number of urea groups is 1. The van der Waals surface area contributed by atoms with Crippen molar-refractivity contribution in [3.8, 4) is 0 Å². The first-order valence-electron chi connectivity index (χ1n) is 6.47. The maximum absolute atomic E-state index is 12.0. The molecule has 6 heteroatoms. The van der Waals surface area contributed by atoms with Crippen molar-refractivity contribution in [2.45, 2.75) is 38.1 Å². The topological polar surface area (TPSA) is 78.4 Å². The lowest BCUT2D eigenvalue weighted by molar-refractivity contribution is -0.139. The van der Waals surface area contributed by atoms with Gasteiger partial charge in [0.25, 0.3) is 0 Å². The van der Waals surface area contributed by atoms with Gasteiger partial charge < -0.3 is 15.7 Å². The highest BCUT2D eigenvalue weighted by atomic mass is 79.9. The van der Waals surface area contributed by atoms with E-state index in [1.165, 1.54) is 0 Å². The van der Waals surface area contributed by atoms with Gasteiger partial charge in [-0.3, -0.25) is 4.79 Å². The molecule has 0 spiro atoms. The highest BCUT2D eigenvalue weighted by Gasteiger charge is 2.40. The predicted molar refractivity (Wildman–Crippen MR) is 79.9 cm³/mol. The summed E-state index contributed by atoms with van der Waals surface area (Å²) in [6.45, 7) is 1.96. The molecule has 1 aliphatic carbocycles. The Hall–Kier alpha value is -1.56. The zero-order chi connectivity index (χ0) is 14.8. The zero-order valence-electron chi connectivity index (χ0n) is 11.2. The summed E-state index contributed by atoms with van der Waals surface area (Å²) in [5.74, 6) is -0.886. The minimum absolute atomic E-state index is 0.0297. The largest absolute Gasteiger partial charge is 0.481 e. The third-order valence-electron chi connectivity index (χ3n) is 3.61. The predicted octanol–water partition coefficient (Wildman–Crippen LogP) is 3.28. The second-order valence-electron chi connectivity index (χ2n) is 5.25. The van der Waals surface area contributed by atoms with Crippen molar-refractivity contribution in [2.24, 2.45) is 0 Å². The lowest BCUT2D eigenvalue weighted by atomic mass is 9.74. The lowest BCUT2D eigenvalue weighted by Gasteiger charge is -2.41. The van der Waals surface area contributed by atoms with E-state index in [2.05, 4.69) is 26.6 Å². The Bertz CT molecular complexity index is 541. The zero-order valence-corrected chi connectivity index (χ0v) is 12.8. The summed E-state index contributed by atoms with van der Waals surface area (Å²) in [6.07, 6.45) is 2.34. The van der Waals surface area contributed by atoms with Crippen molar-refractivity contribution in [3.05, 3.63) is 28.2 Å². The number of carbonyl (C=O) groups excluding carboxylic acids is 1. The highest BCUT2D eigenvalue weighted by molar-refractivity contribution is 9.10. The van der Waals surface area contributed by atoms with E-state index < -0.39 is 11.5 Å². The molecule has 1 aromatic carbocycles. The van der Waals surface area contributed by atoms with Crippen molar-refractivity contribution in [1.29, 1.82) is 0 Å². The van der Waals surface area contributed by atoms with Crippen LogP contribution in [-0.4, -0.2) is 22.6 Å². The quantitative estimate of drug-likeness (QED) is 0.786. The Labute approximate surface area is 125 Å². The minimum atomic E-state index is -0.886. The fraction of sp³-hybridized carbons (Fsp3) is 0.429. The molecule has 5 nitrogen and oxygen atoms in total. The second-order valence-corrected chi connectivity index (χ2v) is 6.10. The summed E-state index contributed by atoms with van der Waals surface area (Å²) in [7, 11) is 0. The molecule has 0 bridgehead atoms. The monoisotopic (exact) mass is 340 g/mol. The average Bonchev–Trinajstić information content (AvgIpc) is 2.30. The summed E-state index contributed by atoms with van der Waals surface area (Å²) in [4.78, 5) is 22.8. The molecule has 0 heterocycles. The number of aliphatic carboxylic acids is 1. The van der Waals surface area contributed by atoms with E-state index in [1.807, 2.05) is 25.1 Å². The van der Waals surface area contributed by atoms with Crippen molar-refractivity contribution in [3.63, 3.8) is 0 Å². The molecule has 0 atom stereocenters. The van der Waals surface area contributed by atoms with Crippen molar-refractivity contribution in [2.75, 3.05) is 5.32 Å². The molecule has 1 saturated carbocycles. The Morgan fingerprint density at radius 1 is 1.40 bits per heavy atom. The number of amides is 2. The van der Waals surface area contributed by atoms with Crippen LogP contribution in [0.15, 0.2) is 22.7 Å². The van der Waals surface area contributed by atoms with Crippen LogP contribution in [0.2, 0.25) is 0 Å². The maximum Gasteiger partial charge on any atom is 0.319 e. The number of carboxylic acids is 1. The van der Waals surface area contributed by atoms with Gasteiger partial charge >= 0.3 is 12.0 Å². The highest BCUT2D eigenvalue weighted by Crippen LogP contribution is 2.35. The SMILES string of the molecule is Cc1ccc(NC(=O)NC2(CC(=O)O)CCC2)cc1Br. The number of nitrogens with one attached hydrogen (secondary N) is 2. The van der Waals surface area contributed by atoms with Gasteiger partial charge in [0.05, 0.1) is 12.0 Å². The van der Waals surface area contributed by atoms with Gasteiger partial charge in [-0.05, 0) is 43.9 Å². The van der Waals surface area contributed by atoms with Crippen LogP contribution in [-0.2, 0) is 4.79 Å². The van der Waals surface area contributed by atoms with E-state index in [0.717, 1.165) is 16.5 Å². The Morgan fingerprint density at radius 3 is 2.60 bits per heavy atom. The molecule has 1 fully saturated rings. The van der Waals surface area contributed by atoms with E-state index in [9.17, 15) is 9.59 Å². The number of halogens is 1. The number of benzene rings is 1. The fourth-order valence-electron chi connectivity index (χ4n) is 2.31. The molecule has 0 aliphatic heterocycles. The van der Waals surface area contributed by atoms with Crippen molar-refractivity contribution >= 4 is 33.6 Å². The van der Waals surface area contributed by atoms with E-state index in [0.29, 0.717) is 18.5 Å². The number of carbonyl (C=O) groups is 2. The van der Waals surface area contributed by atoms with Gasteiger partial charge in [-0.2, -0.15) is 0 Å². The summed E-state index contributed by atoms with van der Waals surface area (Å²) < 4.78 is 0.916. The fourth-order valence-corrected chi connectivity index (χ4v) is 2.69. The molecule has 20 heavy (non-hydrogen) atoms. The van der Waals surface area contributed by atoms with Gasteiger partial charge in [0.2, 0.25) is 0 Å². The number of hydrogen-bond donors (Lipinski definition) is 3. The first kappa shape index (κ1) is 14.8. The summed E-state index contributed by atoms with van der Waals surface area (Å²) in [5.41, 5.74) is 1.17. The smallest absolute Gasteiger partial charge is 0.319 e. The first-order chi connectivity index (χ1) is 9.40. The molecule has 0 saturated heterocycles. The third kappa shape index (κ3) is 3.50. The molecule has 108 valence electrons. The number of carboxylic acid groups (broad SMARTS) is 1. The van der Waals surface area contributed by atoms with Gasteiger partial charge in [0, 0.05) is 10.2 Å². The number of aryl methyl sites for hydroxylation is 1. The molecule has 2 rings (SSSR count). The van der Waals surface area contributed by atoms with Crippen LogP contribution in [0.1, 0.15) is 31.2 Å². The Morgan fingerprint density at radius 2 is 2.10 bits per heavy atom. The molecule has 0 unspecified atom stereocenters. The Balaban J connectivity index is 1.97. The molecule has 3 N–H and O–H groups in total. The van der Waals surface area contributed by atoms with E-state index in [1.54, 1.807) is 0 Å². The maximum atomic E-state index is 12.0. The van der Waals surface area contributed by atoms with Crippen LogP contribution >= 0.6 is 15.9 Å². The molecular formula is C14H17BrN2O3. The number of anilines is 1. The summed E-state index contributed by atoms with van der Waals surface area (Å²) in [5, 5.41) is 14.4. The minimum Gasteiger partial charge on any atom is -0.481 e. The number of rotatable bonds is 4. The summed E-state index contributed by atoms with van der Waals surface area (Å²) >= 11 is 3.41. The van der Waals surface area contributed by atoms with Crippen LogP contribution in [0.4, 0.5) is 10.5 Å².